The molecule has 0 aromatic carbocycles. The summed E-state index contributed by atoms with van der Waals surface area (Å²) in [6.45, 7) is 1.41. The van der Waals surface area contributed by atoms with Gasteiger partial charge in [0.2, 0.25) is 0 Å². The van der Waals surface area contributed by atoms with Gasteiger partial charge in [0, 0.05) is 5.57 Å². The molecule has 23 heavy (non-hydrogen) atoms. The van der Waals surface area contributed by atoms with Crippen molar-refractivity contribution in [1.29, 1.82) is 0 Å². The average molecular weight is 334 g/mol. The van der Waals surface area contributed by atoms with Crippen LogP contribution in [0.25, 0.3) is 0 Å². The molecule has 0 spiro atoms. The number of carbonyl (C=O) groups is 2. The zero-order valence-corrected chi connectivity index (χ0v) is 13.3. The summed E-state index contributed by atoms with van der Waals surface area (Å²) in [4.78, 5) is 23.4. The van der Waals surface area contributed by atoms with E-state index in [0.29, 0.717) is 6.42 Å². The van der Waals surface area contributed by atoms with Crippen molar-refractivity contribution in [1.82, 2.24) is 10.6 Å². The van der Waals surface area contributed by atoms with Crippen LogP contribution in [0.15, 0.2) is 11.6 Å². The molecule has 0 fully saturated rings. The van der Waals surface area contributed by atoms with Gasteiger partial charge in [-0.2, -0.15) is 0 Å². The van der Waals surface area contributed by atoms with Gasteiger partial charge in [-0.05, 0) is 33.4 Å². The number of unbranched alkanes of at least 4 members (excludes halogenated alkanes) is 1. The average Bonchev–Trinajstić information content (AvgIpc) is 2.55. The van der Waals surface area contributed by atoms with Crippen LogP contribution in [-0.4, -0.2) is 82.0 Å². The molecule has 0 bridgehead atoms. The Morgan fingerprint density at radius 3 is 2.26 bits per heavy atom. The van der Waals surface area contributed by atoms with Crippen LogP contribution in [0.1, 0.15) is 19.8 Å². The molecule has 0 aromatic rings. The molecule has 7 N–H and O–H groups in total. The molecule has 0 saturated heterocycles. The minimum Gasteiger partial charge on any atom is -0.394 e. The van der Waals surface area contributed by atoms with E-state index in [1.807, 2.05) is 5.32 Å². The number of imide groups is 1. The summed E-state index contributed by atoms with van der Waals surface area (Å²) in [5.74, 6) is -1.95. The van der Waals surface area contributed by atoms with Crippen LogP contribution in [0.2, 0.25) is 0 Å². The van der Waals surface area contributed by atoms with Crippen LogP contribution < -0.4 is 10.6 Å². The zero-order valence-electron chi connectivity index (χ0n) is 13.3. The van der Waals surface area contributed by atoms with Crippen LogP contribution in [0, 0.1) is 0 Å². The smallest absolute Gasteiger partial charge is 0.258 e. The van der Waals surface area contributed by atoms with Gasteiger partial charge in [-0.3, -0.25) is 14.9 Å². The summed E-state index contributed by atoms with van der Waals surface area (Å²) >= 11 is 0. The first-order chi connectivity index (χ1) is 10.8. The number of aliphatic hydroxyl groups is 5. The van der Waals surface area contributed by atoms with Gasteiger partial charge in [-0.15, -0.1) is 0 Å². The quantitative estimate of drug-likeness (QED) is 0.164. The van der Waals surface area contributed by atoms with E-state index in [9.17, 15) is 24.9 Å². The predicted octanol–water partition coefficient (Wildman–Crippen LogP) is -2.99. The van der Waals surface area contributed by atoms with Crippen LogP contribution in [0.4, 0.5) is 0 Å². The fourth-order valence-corrected chi connectivity index (χ4v) is 1.65. The normalized spacial score (nSPS) is 17.3. The summed E-state index contributed by atoms with van der Waals surface area (Å²) in [6.07, 6.45) is -4.78. The molecule has 0 unspecified atom stereocenters. The number of carbonyl (C=O) groups excluding carboxylic acids is 2. The first-order valence-electron chi connectivity index (χ1n) is 7.25. The van der Waals surface area contributed by atoms with E-state index in [0.717, 1.165) is 13.0 Å². The van der Waals surface area contributed by atoms with Crippen LogP contribution in [-0.2, 0) is 9.59 Å². The monoisotopic (exact) mass is 334 g/mol. The third-order valence-corrected chi connectivity index (χ3v) is 3.20. The Hall–Kier alpha value is -1.36. The molecular weight excluding hydrogens is 308 g/mol. The lowest BCUT2D eigenvalue weighted by Gasteiger charge is -2.24. The Kier molecular flexibility index (Phi) is 10.6. The van der Waals surface area contributed by atoms with Crippen molar-refractivity contribution in [3.8, 4) is 0 Å². The zero-order chi connectivity index (χ0) is 18.0. The highest BCUT2D eigenvalue weighted by atomic mass is 16.4. The highest BCUT2D eigenvalue weighted by Crippen LogP contribution is 2.06. The maximum atomic E-state index is 11.7. The van der Waals surface area contributed by atoms with Crippen LogP contribution >= 0.6 is 0 Å². The third kappa shape index (κ3) is 7.64. The number of hydrogen-bond donors (Lipinski definition) is 7. The number of nitrogens with one attached hydrogen (secondary N) is 2. The Morgan fingerprint density at radius 1 is 1.13 bits per heavy atom. The van der Waals surface area contributed by atoms with Gasteiger partial charge in [-0.1, -0.05) is 6.08 Å². The fraction of sp³-hybridized carbons (Fsp3) is 0.714. The van der Waals surface area contributed by atoms with E-state index in [4.69, 9.17) is 10.2 Å². The standard InChI is InChI=1S/C14H26N2O7/c1-8(5-3-4-6-15-2)13(22)16-14(23)12(21)11(20)10(19)9(18)7-17/h5,9-12,15,17-21H,3-4,6-7H2,1-2H3,(H,16,22,23)/t9-,10-,11+,12-/m1/s1. The molecule has 0 heterocycles. The fourth-order valence-electron chi connectivity index (χ4n) is 1.65. The molecule has 0 aliphatic heterocycles. The largest absolute Gasteiger partial charge is 0.394 e. The Labute approximate surface area is 134 Å². The van der Waals surface area contributed by atoms with Crippen molar-refractivity contribution in [3.63, 3.8) is 0 Å². The molecule has 0 rings (SSSR count). The number of rotatable bonds is 10. The molecule has 2 amide bonds. The van der Waals surface area contributed by atoms with Gasteiger partial charge in [0.15, 0.2) is 6.10 Å². The second-order valence-corrected chi connectivity index (χ2v) is 5.13. The lowest BCUT2D eigenvalue weighted by Crippen LogP contribution is -2.52. The van der Waals surface area contributed by atoms with Crippen LogP contribution in [0.5, 0.6) is 0 Å². The second kappa shape index (κ2) is 11.2. The van der Waals surface area contributed by atoms with Crippen molar-refractivity contribution in [2.24, 2.45) is 0 Å². The summed E-state index contributed by atoms with van der Waals surface area (Å²) in [6, 6.07) is 0. The van der Waals surface area contributed by atoms with Gasteiger partial charge in [-0.25, -0.2) is 0 Å². The molecule has 9 heteroatoms. The first-order valence-corrected chi connectivity index (χ1v) is 7.25. The van der Waals surface area contributed by atoms with Crippen molar-refractivity contribution in [2.45, 2.75) is 44.2 Å². The topological polar surface area (TPSA) is 159 Å². The maximum absolute atomic E-state index is 11.7. The van der Waals surface area contributed by atoms with E-state index in [1.165, 1.54) is 6.92 Å². The summed E-state index contributed by atoms with van der Waals surface area (Å²) in [5.41, 5.74) is 0.270. The molecule has 0 aromatic heterocycles. The minimum atomic E-state index is -2.13. The van der Waals surface area contributed by atoms with Gasteiger partial charge in [0.1, 0.15) is 18.3 Å². The van der Waals surface area contributed by atoms with Gasteiger partial charge in [0.05, 0.1) is 6.61 Å². The first kappa shape index (κ1) is 21.6. The highest BCUT2D eigenvalue weighted by molar-refractivity contribution is 6.05. The van der Waals surface area contributed by atoms with E-state index in [2.05, 4.69) is 5.32 Å². The lowest BCUT2D eigenvalue weighted by molar-refractivity contribution is -0.150. The van der Waals surface area contributed by atoms with Crippen molar-refractivity contribution in [3.05, 3.63) is 11.6 Å². The van der Waals surface area contributed by atoms with Crippen LogP contribution in [0.3, 0.4) is 0 Å². The molecule has 4 atom stereocenters. The SMILES string of the molecule is CNCCCC=C(C)C(=O)NC(=O)[C@H](O)[C@@H](O)[C@H](O)[C@H](O)CO. The second-order valence-electron chi connectivity index (χ2n) is 5.13. The van der Waals surface area contributed by atoms with E-state index < -0.39 is 42.8 Å². The van der Waals surface area contributed by atoms with E-state index in [1.54, 1.807) is 13.1 Å². The summed E-state index contributed by atoms with van der Waals surface area (Å²) < 4.78 is 0. The molecule has 0 aliphatic carbocycles. The molecule has 9 nitrogen and oxygen atoms in total. The predicted molar refractivity (Wildman–Crippen MR) is 81.2 cm³/mol. The number of amides is 2. The maximum Gasteiger partial charge on any atom is 0.258 e. The van der Waals surface area contributed by atoms with Gasteiger partial charge in [0.25, 0.3) is 11.8 Å². The summed E-state index contributed by atoms with van der Waals surface area (Å²) in [7, 11) is 1.80. The molecule has 0 saturated carbocycles. The van der Waals surface area contributed by atoms with Crippen molar-refractivity contribution < 1.29 is 35.1 Å². The van der Waals surface area contributed by atoms with Crippen molar-refractivity contribution in [2.75, 3.05) is 20.2 Å². The van der Waals surface area contributed by atoms with Gasteiger partial charge >= 0.3 is 0 Å². The minimum absolute atomic E-state index is 0.270. The lowest BCUT2D eigenvalue weighted by atomic mass is 10.0. The van der Waals surface area contributed by atoms with Crippen molar-refractivity contribution >= 4 is 11.8 Å². The number of allylic oxidation sites excluding steroid dienone is 1. The highest BCUT2D eigenvalue weighted by Gasteiger charge is 2.34. The Morgan fingerprint density at radius 2 is 1.74 bits per heavy atom. The van der Waals surface area contributed by atoms with Gasteiger partial charge < -0.3 is 30.8 Å². The number of aliphatic hydroxyl groups excluding tert-OH is 5. The molecule has 0 aliphatic rings. The Balaban J connectivity index is 4.53. The molecular formula is C14H26N2O7. The molecule has 134 valence electrons. The Bertz CT molecular complexity index is 414. The summed E-state index contributed by atoms with van der Waals surface area (Å²) in [5, 5.41) is 51.2. The number of hydrogen-bond acceptors (Lipinski definition) is 8. The third-order valence-electron chi connectivity index (χ3n) is 3.20. The van der Waals surface area contributed by atoms with E-state index in [-0.39, 0.29) is 5.57 Å². The van der Waals surface area contributed by atoms with E-state index >= 15 is 0 Å². The molecule has 0 radical (unpaired) electrons.